The number of aliphatic hydroxyl groups is 1. The van der Waals surface area contributed by atoms with Gasteiger partial charge in [0, 0.05) is 18.7 Å². The number of nitriles is 2. The number of carbonyl (C=O) groups is 2. The van der Waals surface area contributed by atoms with Gasteiger partial charge in [-0.15, -0.1) is 0 Å². The molecule has 4 atom stereocenters. The SMILES string of the molecule is N#Cc1cc(-c2cccc(NC(=O)C3CC3C#N)c2)ccc1O[C@H]1CCN(C(=O)CO)C[C@H]1F. The van der Waals surface area contributed by atoms with Crippen molar-refractivity contribution in [2.75, 3.05) is 25.0 Å². The van der Waals surface area contributed by atoms with Crippen molar-refractivity contribution in [3.05, 3.63) is 48.0 Å². The van der Waals surface area contributed by atoms with E-state index in [9.17, 15) is 19.2 Å². The lowest BCUT2D eigenvalue weighted by molar-refractivity contribution is -0.138. The molecule has 0 spiro atoms. The summed E-state index contributed by atoms with van der Waals surface area (Å²) < 4.78 is 20.4. The number of hydrogen-bond acceptors (Lipinski definition) is 6. The van der Waals surface area contributed by atoms with Crippen LogP contribution in [0.3, 0.4) is 0 Å². The number of nitrogens with one attached hydrogen (secondary N) is 1. The summed E-state index contributed by atoms with van der Waals surface area (Å²) in [6.45, 7) is -0.568. The lowest BCUT2D eigenvalue weighted by atomic mass is 10.0. The standard InChI is InChI=1S/C25H23FN4O4/c26-21-13-30(24(32)14-31)7-6-23(21)34-22-5-4-16(8-18(22)12-28)15-2-1-3-19(9-15)29-25(33)20-10-17(20)11-27/h1-5,8-9,17,20-21,23,31H,6-7,10,13-14H2,(H,29,33)/t17?,20?,21-,23+/m1/s1. The molecule has 1 saturated heterocycles. The Hall–Kier alpha value is -3.95. The molecule has 2 amide bonds. The Morgan fingerprint density at radius 2 is 2.00 bits per heavy atom. The van der Waals surface area contributed by atoms with Gasteiger partial charge in [0.2, 0.25) is 11.8 Å². The molecule has 2 unspecified atom stereocenters. The minimum Gasteiger partial charge on any atom is -0.486 e. The maximum absolute atomic E-state index is 14.6. The van der Waals surface area contributed by atoms with E-state index in [1.54, 1.807) is 36.4 Å². The van der Waals surface area contributed by atoms with Crippen molar-refractivity contribution in [1.29, 1.82) is 10.5 Å². The number of likely N-dealkylation sites (tertiary alicyclic amines) is 1. The molecule has 174 valence electrons. The van der Waals surface area contributed by atoms with Gasteiger partial charge < -0.3 is 20.1 Å². The summed E-state index contributed by atoms with van der Waals surface area (Å²) in [6, 6.07) is 16.3. The molecule has 2 N–H and O–H groups in total. The molecule has 4 rings (SSSR count). The zero-order valence-corrected chi connectivity index (χ0v) is 18.3. The van der Waals surface area contributed by atoms with Crippen molar-refractivity contribution in [1.82, 2.24) is 4.90 Å². The molecule has 1 aliphatic heterocycles. The topological polar surface area (TPSA) is 126 Å². The highest BCUT2D eigenvalue weighted by molar-refractivity contribution is 5.95. The van der Waals surface area contributed by atoms with E-state index >= 15 is 0 Å². The molecule has 2 aliphatic rings. The minimum atomic E-state index is -1.44. The molecule has 1 heterocycles. The number of anilines is 1. The van der Waals surface area contributed by atoms with Crippen LogP contribution in [-0.2, 0) is 9.59 Å². The van der Waals surface area contributed by atoms with Crippen LogP contribution in [0.4, 0.5) is 10.1 Å². The zero-order chi connectivity index (χ0) is 24.2. The van der Waals surface area contributed by atoms with Crippen LogP contribution in [0.1, 0.15) is 18.4 Å². The van der Waals surface area contributed by atoms with E-state index in [0.717, 1.165) is 11.1 Å². The van der Waals surface area contributed by atoms with Crippen molar-refractivity contribution in [3.8, 4) is 29.0 Å². The normalized spacial score (nSPS) is 23.4. The first-order valence-electron chi connectivity index (χ1n) is 11.0. The van der Waals surface area contributed by atoms with E-state index in [1.165, 1.54) is 4.90 Å². The van der Waals surface area contributed by atoms with E-state index in [0.29, 0.717) is 12.1 Å². The third-order valence-corrected chi connectivity index (χ3v) is 6.10. The number of alkyl halides is 1. The predicted octanol–water partition coefficient (Wildman–Crippen LogP) is 2.63. The molecule has 1 saturated carbocycles. The van der Waals surface area contributed by atoms with E-state index < -0.39 is 24.8 Å². The molecule has 9 heteroatoms. The zero-order valence-electron chi connectivity index (χ0n) is 18.3. The summed E-state index contributed by atoms with van der Waals surface area (Å²) in [6.07, 6.45) is -1.43. The van der Waals surface area contributed by atoms with Crippen LogP contribution in [-0.4, -0.2) is 53.8 Å². The fourth-order valence-electron chi connectivity index (χ4n) is 4.04. The molecule has 0 aromatic heterocycles. The predicted molar refractivity (Wildman–Crippen MR) is 120 cm³/mol. The number of rotatable bonds is 6. The first-order valence-corrected chi connectivity index (χ1v) is 11.0. The summed E-state index contributed by atoms with van der Waals surface area (Å²) >= 11 is 0. The van der Waals surface area contributed by atoms with Crippen LogP contribution in [0, 0.1) is 34.5 Å². The van der Waals surface area contributed by atoms with E-state index in [1.807, 2.05) is 6.07 Å². The molecule has 8 nitrogen and oxygen atoms in total. The Balaban J connectivity index is 1.46. The highest BCUT2D eigenvalue weighted by Crippen LogP contribution is 2.38. The first-order chi connectivity index (χ1) is 16.4. The number of benzene rings is 2. The summed E-state index contributed by atoms with van der Waals surface area (Å²) in [5, 5.41) is 30.3. The lowest BCUT2D eigenvalue weighted by Crippen LogP contribution is -2.50. The summed E-state index contributed by atoms with van der Waals surface area (Å²) in [4.78, 5) is 25.1. The van der Waals surface area contributed by atoms with Gasteiger partial charge in [0.05, 0.1) is 30.0 Å². The maximum Gasteiger partial charge on any atom is 0.248 e. The van der Waals surface area contributed by atoms with Gasteiger partial charge in [0.1, 0.15) is 24.5 Å². The number of carbonyl (C=O) groups excluding carboxylic acids is 2. The molecule has 0 bridgehead atoms. The highest BCUT2D eigenvalue weighted by Gasteiger charge is 2.43. The Labute approximate surface area is 196 Å². The van der Waals surface area contributed by atoms with Gasteiger partial charge in [0.25, 0.3) is 0 Å². The average Bonchev–Trinajstić information content (AvgIpc) is 3.65. The Morgan fingerprint density at radius 3 is 2.68 bits per heavy atom. The molecule has 0 radical (unpaired) electrons. The number of amides is 2. The molecule has 1 aliphatic carbocycles. The molecular formula is C25H23FN4O4. The number of piperidine rings is 1. The van der Waals surface area contributed by atoms with Crippen molar-refractivity contribution < 1.29 is 23.8 Å². The molecule has 2 aromatic rings. The molecule has 34 heavy (non-hydrogen) atoms. The number of aliphatic hydroxyl groups excluding tert-OH is 1. The van der Waals surface area contributed by atoms with Gasteiger partial charge in [-0.25, -0.2) is 4.39 Å². The smallest absolute Gasteiger partial charge is 0.248 e. The van der Waals surface area contributed by atoms with Gasteiger partial charge in [-0.2, -0.15) is 10.5 Å². The molecular weight excluding hydrogens is 439 g/mol. The second-order valence-electron chi connectivity index (χ2n) is 8.43. The van der Waals surface area contributed by atoms with Crippen LogP contribution in [0.2, 0.25) is 0 Å². The molecule has 2 aromatic carbocycles. The van der Waals surface area contributed by atoms with E-state index in [4.69, 9.17) is 15.1 Å². The monoisotopic (exact) mass is 462 g/mol. The van der Waals surface area contributed by atoms with Crippen LogP contribution < -0.4 is 10.1 Å². The second kappa shape index (κ2) is 9.90. The average molecular weight is 462 g/mol. The Bertz CT molecular complexity index is 1190. The second-order valence-corrected chi connectivity index (χ2v) is 8.43. The maximum atomic E-state index is 14.6. The Kier molecular flexibility index (Phi) is 6.76. The third-order valence-electron chi connectivity index (χ3n) is 6.10. The molecule has 2 fully saturated rings. The van der Waals surface area contributed by atoms with Crippen LogP contribution in [0.25, 0.3) is 11.1 Å². The summed E-state index contributed by atoms with van der Waals surface area (Å²) in [5.74, 6) is -0.952. The number of hydrogen-bond donors (Lipinski definition) is 2. The van der Waals surface area contributed by atoms with Gasteiger partial charge in [-0.3, -0.25) is 9.59 Å². The van der Waals surface area contributed by atoms with E-state index in [2.05, 4.69) is 17.5 Å². The lowest BCUT2D eigenvalue weighted by Gasteiger charge is -2.34. The fraction of sp³-hybridized carbons (Fsp3) is 0.360. The van der Waals surface area contributed by atoms with Crippen LogP contribution in [0.5, 0.6) is 5.75 Å². The van der Waals surface area contributed by atoms with Crippen molar-refractivity contribution >= 4 is 17.5 Å². The van der Waals surface area contributed by atoms with Crippen LogP contribution >= 0.6 is 0 Å². The largest absolute Gasteiger partial charge is 0.486 e. The number of halogens is 1. The van der Waals surface area contributed by atoms with Crippen molar-refractivity contribution in [2.24, 2.45) is 11.8 Å². The van der Waals surface area contributed by atoms with Crippen LogP contribution in [0.15, 0.2) is 42.5 Å². The number of ether oxygens (including phenoxy) is 1. The highest BCUT2D eigenvalue weighted by atomic mass is 19.1. The first kappa shape index (κ1) is 23.2. The summed E-state index contributed by atoms with van der Waals surface area (Å²) in [7, 11) is 0. The summed E-state index contributed by atoms with van der Waals surface area (Å²) in [5.41, 5.74) is 2.33. The third kappa shape index (κ3) is 5.00. The Morgan fingerprint density at radius 1 is 1.21 bits per heavy atom. The van der Waals surface area contributed by atoms with Crippen molar-refractivity contribution in [2.45, 2.75) is 25.1 Å². The number of nitrogens with zero attached hydrogens (tertiary/aromatic N) is 3. The fourth-order valence-corrected chi connectivity index (χ4v) is 4.04. The van der Waals surface area contributed by atoms with Gasteiger partial charge in [0.15, 0.2) is 6.17 Å². The van der Waals surface area contributed by atoms with E-state index in [-0.39, 0.29) is 48.6 Å². The van der Waals surface area contributed by atoms with Gasteiger partial charge >= 0.3 is 0 Å². The minimum absolute atomic E-state index is 0.168. The quantitative estimate of drug-likeness (QED) is 0.680. The van der Waals surface area contributed by atoms with Gasteiger partial charge in [-0.1, -0.05) is 18.2 Å². The van der Waals surface area contributed by atoms with Gasteiger partial charge in [-0.05, 0) is 41.8 Å². The van der Waals surface area contributed by atoms with Crippen molar-refractivity contribution in [3.63, 3.8) is 0 Å².